The van der Waals surface area contributed by atoms with Crippen LogP contribution in [-0.2, 0) is 14.3 Å². The Kier molecular flexibility index (Phi) is 8.65. The van der Waals surface area contributed by atoms with Gasteiger partial charge in [0.25, 0.3) is 0 Å². The standard InChI is InChI=1S/C18H24O4/c1-3-21-17(19)14-15(2)10-6-5-9-13-22-18(20)16-11-7-4-8-12-16/h4,7-8,11-12,14H,3,5-6,9-10,13H2,1-2H3/b15-14+. The molecule has 120 valence electrons. The molecule has 0 aliphatic rings. The van der Waals surface area contributed by atoms with Gasteiger partial charge < -0.3 is 9.47 Å². The Labute approximate surface area is 132 Å². The second-order valence-electron chi connectivity index (χ2n) is 5.06. The van der Waals surface area contributed by atoms with Crippen LogP contribution in [0.1, 0.15) is 49.9 Å². The fourth-order valence-corrected chi connectivity index (χ4v) is 1.96. The predicted molar refractivity (Wildman–Crippen MR) is 85.6 cm³/mol. The van der Waals surface area contributed by atoms with Crippen molar-refractivity contribution in [3.8, 4) is 0 Å². The molecule has 1 aromatic rings. The highest BCUT2D eigenvalue weighted by Gasteiger charge is 2.05. The molecule has 0 bridgehead atoms. The first-order valence-corrected chi connectivity index (χ1v) is 7.69. The third-order valence-corrected chi connectivity index (χ3v) is 3.11. The number of unbranched alkanes of at least 4 members (excludes halogenated alkanes) is 2. The molecule has 0 aliphatic heterocycles. The molecule has 0 fully saturated rings. The summed E-state index contributed by atoms with van der Waals surface area (Å²) in [5.41, 5.74) is 1.59. The number of carbonyl (C=O) groups excluding carboxylic acids is 2. The molecule has 0 aliphatic carbocycles. The first-order valence-electron chi connectivity index (χ1n) is 7.69. The summed E-state index contributed by atoms with van der Waals surface area (Å²) in [6, 6.07) is 8.98. The maximum absolute atomic E-state index is 11.7. The number of allylic oxidation sites excluding steroid dienone is 1. The Hall–Kier alpha value is -2.10. The summed E-state index contributed by atoms with van der Waals surface area (Å²) in [4.78, 5) is 22.9. The highest BCUT2D eigenvalue weighted by molar-refractivity contribution is 5.89. The van der Waals surface area contributed by atoms with E-state index in [4.69, 9.17) is 9.47 Å². The van der Waals surface area contributed by atoms with Gasteiger partial charge >= 0.3 is 11.9 Å². The predicted octanol–water partition coefficient (Wildman–Crippen LogP) is 3.91. The van der Waals surface area contributed by atoms with Crippen LogP contribution in [0.25, 0.3) is 0 Å². The Morgan fingerprint density at radius 2 is 1.77 bits per heavy atom. The van der Waals surface area contributed by atoms with Crippen LogP contribution in [0.3, 0.4) is 0 Å². The summed E-state index contributed by atoms with van der Waals surface area (Å²) >= 11 is 0. The summed E-state index contributed by atoms with van der Waals surface area (Å²) < 4.78 is 10.1. The maximum Gasteiger partial charge on any atom is 0.338 e. The third-order valence-electron chi connectivity index (χ3n) is 3.11. The second-order valence-corrected chi connectivity index (χ2v) is 5.06. The highest BCUT2D eigenvalue weighted by Crippen LogP contribution is 2.09. The van der Waals surface area contributed by atoms with Gasteiger partial charge in [-0.3, -0.25) is 0 Å². The SMILES string of the molecule is CCOC(=O)/C=C(\C)CCCCCOC(=O)c1ccccc1. The quantitative estimate of drug-likeness (QED) is 0.394. The zero-order valence-corrected chi connectivity index (χ0v) is 13.3. The molecule has 22 heavy (non-hydrogen) atoms. The molecule has 1 rings (SSSR count). The molecular formula is C18H24O4. The summed E-state index contributed by atoms with van der Waals surface area (Å²) in [5.74, 6) is -0.559. The molecule has 0 saturated carbocycles. The van der Waals surface area contributed by atoms with Crippen LogP contribution < -0.4 is 0 Å². The number of hydrogen-bond acceptors (Lipinski definition) is 4. The number of benzene rings is 1. The van der Waals surface area contributed by atoms with Crippen LogP contribution >= 0.6 is 0 Å². The van der Waals surface area contributed by atoms with Gasteiger partial charge in [0.05, 0.1) is 18.8 Å². The van der Waals surface area contributed by atoms with Crippen molar-refractivity contribution in [2.45, 2.75) is 39.5 Å². The van der Waals surface area contributed by atoms with E-state index in [2.05, 4.69) is 0 Å². The van der Waals surface area contributed by atoms with E-state index in [-0.39, 0.29) is 11.9 Å². The van der Waals surface area contributed by atoms with Crippen LogP contribution in [-0.4, -0.2) is 25.2 Å². The minimum Gasteiger partial charge on any atom is -0.463 e. The average molecular weight is 304 g/mol. The van der Waals surface area contributed by atoms with Crippen LogP contribution in [0.5, 0.6) is 0 Å². The van der Waals surface area contributed by atoms with E-state index in [1.165, 1.54) is 0 Å². The van der Waals surface area contributed by atoms with Crippen molar-refractivity contribution in [1.29, 1.82) is 0 Å². The molecule has 0 atom stereocenters. The summed E-state index contributed by atoms with van der Waals surface area (Å²) in [5, 5.41) is 0. The molecule has 0 radical (unpaired) electrons. The normalized spacial score (nSPS) is 11.1. The van der Waals surface area contributed by atoms with Crippen LogP contribution in [0.4, 0.5) is 0 Å². The van der Waals surface area contributed by atoms with Crippen LogP contribution in [0.2, 0.25) is 0 Å². The van der Waals surface area contributed by atoms with Gasteiger partial charge in [-0.1, -0.05) is 23.8 Å². The van der Waals surface area contributed by atoms with Gasteiger partial charge in [0.15, 0.2) is 0 Å². The van der Waals surface area contributed by atoms with Crippen molar-refractivity contribution >= 4 is 11.9 Å². The molecule has 0 aromatic heterocycles. The smallest absolute Gasteiger partial charge is 0.338 e. The first-order chi connectivity index (χ1) is 10.6. The number of carbonyl (C=O) groups is 2. The minimum absolute atomic E-state index is 0.279. The van der Waals surface area contributed by atoms with Crippen molar-refractivity contribution in [1.82, 2.24) is 0 Å². The first kappa shape index (κ1) is 18.0. The Bertz CT molecular complexity index is 491. The molecule has 0 unspecified atom stereocenters. The topological polar surface area (TPSA) is 52.6 Å². The van der Waals surface area contributed by atoms with Gasteiger partial charge in [0.2, 0.25) is 0 Å². The maximum atomic E-state index is 11.7. The zero-order valence-electron chi connectivity index (χ0n) is 13.3. The molecule has 0 heterocycles. The Morgan fingerprint density at radius 1 is 1.05 bits per heavy atom. The van der Waals surface area contributed by atoms with Crippen LogP contribution in [0.15, 0.2) is 42.0 Å². The van der Waals surface area contributed by atoms with E-state index in [0.717, 1.165) is 31.3 Å². The van der Waals surface area contributed by atoms with E-state index in [9.17, 15) is 9.59 Å². The molecular weight excluding hydrogens is 280 g/mol. The van der Waals surface area contributed by atoms with Gasteiger partial charge in [-0.2, -0.15) is 0 Å². The van der Waals surface area contributed by atoms with Gasteiger partial charge in [-0.25, -0.2) is 9.59 Å². The number of rotatable bonds is 9. The van der Waals surface area contributed by atoms with Crippen molar-refractivity contribution in [3.63, 3.8) is 0 Å². The minimum atomic E-state index is -0.281. The molecule has 4 nitrogen and oxygen atoms in total. The van der Waals surface area contributed by atoms with Gasteiger partial charge in [0, 0.05) is 6.08 Å². The lowest BCUT2D eigenvalue weighted by Gasteiger charge is -2.05. The fourth-order valence-electron chi connectivity index (χ4n) is 1.96. The highest BCUT2D eigenvalue weighted by atomic mass is 16.5. The molecule has 0 saturated heterocycles. The molecule has 0 spiro atoms. The van der Waals surface area contributed by atoms with Crippen molar-refractivity contribution < 1.29 is 19.1 Å². The Morgan fingerprint density at radius 3 is 2.45 bits per heavy atom. The monoisotopic (exact) mass is 304 g/mol. The van der Waals surface area contributed by atoms with Crippen molar-refractivity contribution in [2.24, 2.45) is 0 Å². The zero-order chi connectivity index (χ0) is 16.2. The van der Waals surface area contributed by atoms with E-state index >= 15 is 0 Å². The molecule has 0 N–H and O–H groups in total. The summed E-state index contributed by atoms with van der Waals surface area (Å²) in [6.07, 6.45) is 5.14. The van der Waals surface area contributed by atoms with E-state index in [1.54, 1.807) is 25.1 Å². The number of ether oxygens (including phenoxy) is 2. The lowest BCUT2D eigenvalue weighted by Crippen LogP contribution is -2.06. The number of hydrogen-bond donors (Lipinski definition) is 0. The van der Waals surface area contributed by atoms with Gasteiger partial charge in [0.1, 0.15) is 0 Å². The van der Waals surface area contributed by atoms with E-state index in [1.807, 2.05) is 25.1 Å². The van der Waals surface area contributed by atoms with Gasteiger partial charge in [-0.15, -0.1) is 0 Å². The van der Waals surface area contributed by atoms with Crippen LogP contribution in [0, 0.1) is 0 Å². The third kappa shape index (κ3) is 7.62. The van der Waals surface area contributed by atoms with Gasteiger partial charge in [-0.05, 0) is 51.7 Å². The lowest BCUT2D eigenvalue weighted by molar-refractivity contribution is -0.137. The van der Waals surface area contributed by atoms with E-state index in [0.29, 0.717) is 18.8 Å². The average Bonchev–Trinajstić information content (AvgIpc) is 2.51. The molecule has 1 aromatic carbocycles. The fraction of sp³-hybridized carbons (Fsp3) is 0.444. The summed E-state index contributed by atoms with van der Waals surface area (Å²) in [7, 11) is 0. The number of esters is 2. The molecule has 4 heteroatoms. The molecule has 0 amide bonds. The van der Waals surface area contributed by atoms with Crippen molar-refractivity contribution in [2.75, 3.05) is 13.2 Å². The summed E-state index contributed by atoms with van der Waals surface area (Å²) in [6.45, 7) is 4.54. The Balaban J connectivity index is 2.11. The second kappa shape index (κ2) is 10.6. The van der Waals surface area contributed by atoms with Crippen molar-refractivity contribution in [3.05, 3.63) is 47.5 Å². The largest absolute Gasteiger partial charge is 0.463 e. The van der Waals surface area contributed by atoms with E-state index < -0.39 is 0 Å². The lowest BCUT2D eigenvalue weighted by atomic mass is 10.1.